The van der Waals surface area contributed by atoms with Crippen LogP contribution in [0.25, 0.3) is 11.6 Å². The van der Waals surface area contributed by atoms with Crippen molar-refractivity contribution >= 4 is 0 Å². The van der Waals surface area contributed by atoms with E-state index in [0.717, 1.165) is 0 Å². The molecule has 0 saturated heterocycles. The molecule has 0 radical (unpaired) electrons. The number of aryl methyl sites for hydroxylation is 1. The highest BCUT2D eigenvalue weighted by Gasteiger charge is 2.05. The number of rotatable bonds is 1. The van der Waals surface area contributed by atoms with Gasteiger partial charge in [-0.25, -0.2) is 10.1 Å². The number of oxazole rings is 1. The van der Waals surface area contributed by atoms with Crippen LogP contribution >= 0.6 is 0 Å². The number of aromatic amines is 1. The van der Waals surface area contributed by atoms with Crippen molar-refractivity contribution in [3.63, 3.8) is 0 Å². The summed E-state index contributed by atoms with van der Waals surface area (Å²) in [5.41, 5.74) is 0. The van der Waals surface area contributed by atoms with Gasteiger partial charge >= 0.3 is 0 Å². The minimum atomic E-state index is 0.491. The number of nitrogens with one attached hydrogen (secondary N) is 1. The predicted molar refractivity (Wildman–Crippen MR) is 34.4 cm³/mol. The summed E-state index contributed by atoms with van der Waals surface area (Å²) in [5, 5.41) is 13.0. The second-order valence-electron chi connectivity index (χ2n) is 1.99. The molecule has 0 atom stereocenters. The molecule has 0 bridgehead atoms. The lowest BCUT2D eigenvalue weighted by Gasteiger charge is -1.82. The number of aromatic nitrogens is 5. The Hall–Kier alpha value is -1.72. The van der Waals surface area contributed by atoms with E-state index < -0.39 is 0 Å². The standard InChI is InChI=1S/C5H5N5O/c1-3-6-2-4(11-3)5-7-9-10-8-5/h2H,1H3,(H,7,8,9,10). The summed E-state index contributed by atoms with van der Waals surface area (Å²) in [6.45, 7) is 1.76. The highest BCUT2D eigenvalue weighted by Crippen LogP contribution is 2.12. The van der Waals surface area contributed by atoms with E-state index in [1.807, 2.05) is 0 Å². The molecule has 11 heavy (non-hydrogen) atoms. The van der Waals surface area contributed by atoms with E-state index in [9.17, 15) is 0 Å². The van der Waals surface area contributed by atoms with Gasteiger partial charge in [0.15, 0.2) is 11.7 Å². The second-order valence-corrected chi connectivity index (χ2v) is 1.99. The summed E-state index contributed by atoms with van der Waals surface area (Å²) in [6.07, 6.45) is 1.57. The van der Waals surface area contributed by atoms with Crippen LogP contribution in [0.2, 0.25) is 0 Å². The monoisotopic (exact) mass is 151 g/mol. The molecule has 0 aromatic carbocycles. The van der Waals surface area contributed by atoms with E-state index in [0.29, 0.717) is 17.5 Å². The van der Waals surface area contributed by atoms with Crippen LogP contribution in [0.1, 0.15) is 5.89 Å². The third-order valence-electron chi connectivity index (χ3n) is 1.20. The van der Waals surface area contributed by atoms with Gasteiger partial charge in [-0.1, -0.05) is 0 Å². The van der Waals surface area contributed by atoms with Crippen LogP contribution in [0.5, 0.6) is 0 Å². The number of tetrazole rings is 1. The zero-order chi connectivity index (χ0) is 7.68. The first-order valence-electron chi connectivity index (χ1n) is 3.03. The van der Waals surface area contributed by atoms with E-state index in [4.69, 9.17) is 4.42 Å². The van der Waals surface area contributed by atoms with Crippen molar-refractivity contribution in [1.29, 1.82) is 0 Å². The number of hydrogen-bond acceptors (Lipinski definition) is 5. The Morgan fingerprint density at radius 3 is 3.00 bits per heavy atom. The maximum atomic E-state index is 5.14. The van der Waals surface area contributed by atoms with Crippen LogP contribution in [0.15, 0.2) is 10.6 Å². The van der Waals surface area contributed by atoms with Gasteiger partial charge in [0, 0.05) is 6.92 Å². The Morgan fingerprint density at radius 2 is 2.45 bits per heavy atom. The molecule has 2 aromatic rings. The molecule has 6 nitrogen and oxygen atoms in total. The molecule has 1 N–H and O–H groups in total. The van der Waals surface area contributed by atoms with Gasteiger partial charge in [-0.05, 0) is 10.4 Å². The molecule has 0 aliphatic rings. The Labute approximate surface area is 61.6 Å². The van der Waals surface area contributed by atoms with E-state index in [2.05, 4.69) is 25.6 Å². The second kappa shape index (κ2) is 2.15. The van der Waals surface area contributed by atoms with E-state index >= 15 is 0 Å². The van der Waals surface area contributed by atoms with Crippen molar-refractivity contribution in [2.75, 3.05) is 0 Å². The maximum absolute atomic E-state index is 5.14. The number of H-pyrrole nitrogens is 1. The van der Waals surface area contributed by atoms with E-state index in [1.54, 1.807) is 13.1 Å². The van der Waals surface area contributed by atoms with Crippen LogP contribution in [-0.4, -0.2) is 25.6 Å². The zero-order valence-corrected chi connectivity index (χ0v) is 5.77. The van der Waals surface area contributed by atoms with Crippen LogP contribution in [0.3, 0.4) is 0 Å². The smallest absolute Gasteiger partial charge is 0.216 e. The fraction of sp³-hybridized carbons (Fsp3) is 0.200. The molecule has 0 aliphatic heterocycles. The molecular weight excluding hydrogens is 146 g/mol. The van der Waals surface area contributed by atoms with Gasteiger partial charge in [0.05, 0.1) is 6.20 Å². The summed E-state index contributed by atoms with van der Waals surface area (Å²) >= 11 is 0. The van der Waals surface area contributed by atoms with Crippen molar-refractivity contribution in [3.8, 4) is 11.6 Å². The van der Waals surface area contributed by atoms with Crippen molar-refractivity contribution in [2.45, 2.75) is 6.92 Å². The molecule has 2 heterocycles. The normalized spacial score (nSPS) is 10.3. The van der Waals surface area contributed by atoms with Crippen LogP contribution < -0.4 is 0 Å². The van der Waals surface area contributed by atoms with Crippen LogP contribution in [0, 0.1) is 6.92 Å². The molecule has 0 saturated carbocycles. The maximum Gasteiger partial charge on any atom is 0.216 e. The highest BCUT2D eigenvalue weighted by molar-refractivity contribution is 5.42. The minimum absolute atomic E-state index is 0.491. The molecule has 6 heteroatoms. The van der Waals surface area contributed by atoms with Gasteiger partial charge in [0.25, 0.3) is 0 Å². The SMILES string of the molecule is Cc1ncc(-c2nnn[nH]2)o1. The third-order valence-corrected chi connectivity index (χ3v) is 1.20. The van der Waals surface area contributed by atoms with Crippen LogP contribution in [-0.2, 0) is 0 Å². The summed E-state index contributed by atoms with van der Waals surface area (Å²) in [7, 11) is 0. The van der Waals surface area contributed by atoms with Gasteiger partial charge < -0.3 is 4.42 Å². The first kappa shape index (κ1) is 6.02. The quantitative estimate of drug-likeness (QED) is 0.628. The first-order valence-corrected chi connectivity index (χ1v) is 3.03. The summed E-state index contributed by atoms with van der Waals surface area (Å²) in [4.78, 5) is 3.89. The predicted octanol–water partition coefficient (Wildman–Crippen LogP) is 0.163. The lowest BCUT2D eigenvalue weighted by Crippen LogP contribution is -1.75. The summed E-state index contributed by atoms with van der Waals surface area (Å²) in [6, 6.07) is 0. The molecule has 2 aromatic heterocycles. The van der Waals surface area contributed by atoms with Gasteiger partial charge in [0.2, 0.25) is 5.82 Å². The summed E-state index contributed by atoms with van der Waals surface area (Å²) in [5.74, 6) is 1.63. The Morgan fingerprint density at radius 1 is 1.55 bits per heavy atom. The Bertz CT molecular complexity index is 337. The number of hydrogen-bond donors (Lipinski definition) is 1. The van der Waals surface area contributed by atoms with Crippen molar-refractivity contribution in [1.82, 2.24) is 25.6 Å². The van der Waals surface area contributed by atoms with Gasteiger partial charge in [-0.2, -0.15) is 0 Å². The molecule has 0 fully saturated rings. The Kier molecular flexibility index (Phi) is 1.18. The Balaban J connectivity index is 2.45. The first-order chi connectivity index (χ1) is 5.36. The van der Waals surface area contributed by atoms with Gasteiger partial charge in [-0.15, -0.1) is 5.10 Å². The van der Waals surface area contributed by atoms with Crippen molar-refractivity contribution < 1.29 is 4.42 Å². The van der Waals surface area contributed by atoms with E-state index in [1.165, 1.54) is 0 Å². The van der Waals surface area contributed by atoms with Crippen LogP contribution in [0.4, 0.5) is 0 Å². The molecule has 0 spiro atoms. The third kappa shape index (κ3) is 0.977. The average Bonchev–Trinajstić information content (AvgIpc) is 2.55. The fourth-order valence-corrected chi connectivity index (χ4v) is 0.734. The molecule has 0 unspecified atom stereocenters. The highest BCUT2D eigenvalue weighted by atomic mass is 16.4. The minimum Gasteiger partial charge on any atom is -0.438 e. The fourth-order valence-electron chi connectivity index (χ4n) is 0.734. The molecular formula is C5H5N5O. The lowest BCUT2D eigenvalue weighted by molar-refractivity contribution is 0.530. The van der Waals surface area contributed by atoms with Gasteiger partial charge in [-0.3, -0.25) is 0 Å². The van der Waals surface area contributed by atoms with Crippen molar-refractivity contribution in [3.05, 3.63) is 12.1 Å². The average molecular weight is 151 g/mol. The largest absolute Gasteiger partial charge is 0.438 e. The summed E-state index contributed by atoms with van der Waals surface area (Å²) < 4.78 is 5.14. The molecule has 56 valence electrons. The van der Waals surface area contributed by atoms with Crippen molar-refractivity contribution in [2.24, 2.45) is 0 Å². The number of nitrogens with zero attached hydrogens (tertiary/aromatic N) is 4. The zero-order valence-electron chi connectivity index (χ0n) is 5.77. The lowest BCUT2D eigenvalue weighted by atomic mass is 10.5. The topological polar surface area (TPSA) is 80.5 Å². The molecule has 0 aliphatic carbocycles. The molecule has 2 rings (SSSR count). The molecule has 0 amide bonds. The van der Waals surface area contributed by atoms with E-state index in [-0.39, 0.29) is 0 Å². The van der Waals surface area contributed by atoms with Gasteiger partial charge in [0.1, 0.15) is 0 Å².